The number of amides is 3. The molecule has 2 aliphatic rings. The van der Waals surface area contributed by atoms with Gasteiger partial charge in [-0.15, -0.1) is 17.9 Å². The second-order valence-corrected chi connectivity index (χ2v) is 18.6. The van der Waals surface area contributed by atoms with Crippen molar-refractivity contribution in [3.05, 3.63) is 47.5 Å². The molecule has 2 fully saturated rings. The number of carbonyl (C=O) groups excluding carboxylic acids is 3. The number of nitrogens with one attached hydrogen (secondary N) is 2. The van der Waals surface area contributed by atoms with E-state index in [1.54, 1.807) is 34.8 Å². The predicted octanol–water partition coefficient (Wildman–Crippen LogP) is 6.25. The fourth-order valence-corrected chi connectivity index (χ4v) is 8.50. The lowest BCUT2D eigenvalue weighted by atomic mass is 10.0. The van der Waals surface area contributed by atoms with Gasteiger partial charge in [0.25, 0.3) is 5.91 Å². The molecule has 1 aliphatic carbocycles. The minimum atomic E-state index is -4.00. The number of aromatic nitrogens is 2. The number of benzene rings is 1. The van der Waals surface area contributed by atoms with E-state index in [2.05, 4.69) is 30.5 Å². The van der Waals surface area contributed by atoms with Crippen molar-refractivity contribution >= 4 is 50.2 Å². The highest BCUT2D eigenvalue weighted by Crippen LogP contribution is 2.46. The molecule has 1 saturated carbocycles. The number of fused-ring (bicyclic) bond motifs is 1. The van der Waals surface area contributed by atoms with Gasteiger partial charge < -0.3 is 19.5 Å². The monoisotopic (exact) mass is 769 g/mol. The number of pyridine rings is 1. The Morgan fingerprint density at radius 2 is 1.85 bits per heavy atom. The van der Waals surface area contributed by atoms with E-state index in [1.165, 1.54) is 29.2 Å². The minimum absolute atomic E-state index is 0.0305. The molecule has 2 aromatic heterocycles. The average Bonchev–Trinajstić information content (AvgIpc) is 3.38. The first-order valence-electron chi connectivity index (χ1n) is 17.8. The lowest BCUT2D eigenvalue weighted by Gasteiger charge is -2.29. The molecule has 1 saturated heterocycles. The number of ether oxygens (including phenoxy) is 3. The molecular formula is C38H51N5O8S2. The van der Waals surface area contributed by atoms with Crippen LogP contribution >= 0.6 is 11.3 Å². The summed E-state index contributed by atoms with van der Waals surface area (Å²) in [5.74, 6) is -0.645. The van der Waals surface area contributed by atoms with E-state index >= 15 is 0 Å². The Kier molecular flexibility index (Phi) is 11.0. The third kappa shape index (κ3) is 8.15. The van der Waals surface area contributed by atoms with E-state index in [-0.39, 0.29) is 25.3 Å². The summed E-state index contributed by atoms with van der Waals surface area (Å²) in [6.07, 6.45) is 1.26. The maximum absolute atomic E-state index is 14.3. The third-order valence-electron chi connectivity index (χ3n) is 9.88. The van der Waals surface area contributed by atoms with Crippen molar-refractivity contribution in [3.63, 3.8) is 0 Å². The number of sulfonamides is 1. The van der Waals surface area contributed by atoms with Gasteiger partial charge in [0.15, 0.2) is 0 Å². The maximum Gasteiger partial charge on any atom is 0.411 e. The molecule has 288 valence electrons. The average molecular weight is 770 g/mol. The number of nitrogens with zero attached hydrogens (tertiary/aromatic N) is 3. The highest BCUT2D eigenvalue weighted by molar-refractivity contribution is 7.90. The molecule has 0 bridgehead atoms. The second-order valence-electron chi connectivity index (χ2n) is 15.6. The first-order valence-corrected chi connectivity index (χ1v) is 20.2. The van der Waals surface area contributed by atoms with Crippen molar-refractivity contribution in [1.29, 1.82) is 0 Å². The van der Waals surface area contributed by atoms with E-state index in [4.69, 9.17) is 24.2 Å². The van der Waals surface area contributed by atoms with E-state index in [1.807, 2.05) is 37.4 Å². The van der Waals surface area contributed by atoms with Gasteiger partial charge in [-0.3, -0.25) is 19.2 Å². The SMILES string of the molecule is C=CC1CC1(NC(=O)C1CC(C)(Oc2cc(-c3nc(C(C)C)cs3)nc3c(C)c(OC)ccc23)CN1C(=O)OC(C)(C)C)C(=O)NS(=O)(=O)C(C)CC. The topological polar surface area (TPSA) is 166 Å². The van der Waals surface area contributed by atoms with Gasteiger partial charge in [-0.05, 0) is 72.4 Å². The summed E-state index contributed by atoms with van der Waals surface area (Å²) in [6, 6.07) is 4.40. The molecule has 3 aromatic rings. The van der Waals surface area contributed by atoms with E-state index in [0.29, 0.717) is 39.5 Å². The molecule has 3 heterocycles. The van der Waals surface area contributed by atoms with Crippen LogP contribution in [0, 0.1) is 12.8 Å². The molecule has 3 amide bonds. The van der Waals surface area contributed by atoms with Crippen LogP contribution in [0.4, 0.5) is 4.79 Å². The van der Waals surface area contributed by atoms with Crippen LogP contribution in [-0.2, 0) is 24.3 Å². The number of rotatable bonds is 12. The van der Waals surface area contributed by atoms with Gasteiger partial charge in [-0.2, -0.15) is 0 Å². The van der Waals surface area contributed by atoms with Crippen molar-refractivity contribution in [3.8, 4) is 22.2 Å². The van der Waals surface area contributed by atoms with Crippen LogP contribution in [0.3, 0.4) is 0 Å². The molecule has 5 rings (SSSR count). The molecule has 5 atom stereocenters. The normalized spacial score (nSPS) is 23.4. The zero-order valence-electron chi connectivity index (χ0n) is 32.2. The van der Waals surface area contributed by atoms with Crippen molar-refractivity contribution in [2.24, 2.45) is 5.92 Å². The lowest BCUT2D eigenvalue weighted by Crippen LogP contribution is -2.57. The van der Waals surface area contributed by atoms with Crippen LogP contribution in [0.5, 0.6) is 11.5 Å². The number of hydrogen-bond acceptors (Lipinski definition) is 11. The minimum Gasteiger partial charge on any atom is -0.496 e. The van der Waals surface area contributed by atoms with E-state index < -0.39 is 61.9 Å². The van der Waals surface area contributed by atoms with E-state index in [0.717, 1.165) is 11.3 Å². The molecule has 1 aliphatic heterocycles. The summed E-state index contributed by atoms with van der Waals surface area (Å²) in [4.78, 5) is 52.6. The Hall–Kier alpha value is -4.24. The van der Waals surface area contributed by atoms with Crippen LogP contribution < -0.4 is 19.5 Å². The standard InChI is InChI=1S/C38H51N5O8S2/c1-12-22(5)53(47,48)42-34(45)38(17-24(38)13-2)41-32(44)28-18-37(10,20-43(28)35(46)51-36(7,8)9)50-30-16-26(33-40-27(19-52-33)21(3)4)39-31-23(6)29(49-11)15-14-25(30)31/h13-16,19,21-22,24,28H,2,12,17-18,20H2,1,3-11H3,(H,41,44)(H,42,45). The second kappa shape index (κ2) is 14.5. The molecule has 0 spiro atoms. The van der Waals surface area contributed by atoms with Crippen molar-refractivity contribution in [2.75, 3.05) is 13.7 Å². The number of methoxy groups -OCH3 is 1. The zero-order chi connectivity index (χ0) is 39.3. The number of hydrogen-bond donors (Lipinski definition) is 2. The van der Waals surface area contributed by atoms with Crippen LogP contribution in [0.25, 0.3) is 21.6 Å². The summed E-state index contributed by atoms with van der Waals surface area (Å²) in [7, 11) is -2.40. The smallest absolute Gasteiger partial charge is 0.411 e. The predicted molar refractivity (Wildman–Crippen MR) is 205 cm³/mol. The van der Waals surface area contributed by atoms with Crippen molar-refractivity contribution in [1.82, 2.24) is 24.9 Å². The number of thiazole rings is 1. The summed E-state index contributed by atoms with van der Waals surface area (Å²) in [6.45, 7) is 20.0. The lowest BCUT2D eigenvalue weighted by molar-refractivity contribution is -0.131. The highest BCUT2D eigenvalue weighted by Gasteiger charge is 2.62. The summed E-state index contributed by atoms with van der Waals surface area (Å²) in [5.41, 5.74) is -0.535. The van der Waals surface area contributed by atoms with Gasteiger partial charge >= 0.3 is 6.09 Å². The van der Waals surface area contributed by atoms with Crippen LogP contribution in [0.1, 0.15) is 91.8 Å². The number of carbonyl (C=O) groups is 3. The number of likely N-dealkylation sites (tertiary alicyclic amines) is 1. The van der Waals surface area contributed by atoms with Gasteiger partial charge in [0.05, 0.1) is 30.1 Å². The fourth-order valence-electron chi connectivity index (χ4n) is 6.48. The Morgan fingerprint density at radius 3 is 2.42 bits per heavy atom. The van der Waals surface area contributed by atoms with Crippen LogP contribution in [0.15, 0.2) is 36.2 Å². The third-order valence-corrected chi connectivity index (χ3v) is 12.6. The maximum atomic E-state index is 14.3. The van der Waals surface area contributed by atoms with Gasteiger partial charge in [0.2, 0.25) is 15.9 Å². The first kappa shape index (κ1) is 40.0. The fraction of sp³-hybridized carbons (Fsp3) is 0.553. The Balaban J connectivity index is 1.52. The molecule has 1 aromatic carbocycles. The molecule has 2 N–H and O–H groups in total. The van der Waals surface area contributed by atoms with Crippen LogP contribution in [-0.4, -0.2) is 82.9 Å². The quantitative estimate of drug-likeness (QED) is 0.201. The molecular weight excluding hydrogens is 719 g/mol. The molecule has 13 nitrogen and oxygen atoms in total. The van der Waals surface area contributed by atoms with Gasteiger partial charge in [-0.25, -0.2) is 23.2 Å². The van der Waals surface area contributed by atoms with Crippen molar-refractivity contribution < 1.29 is 37.0 Å². The van der Waals surface area contributed by atoms with Crippen molar-refractivity contribution in [2.45, 2.75) is 116 Å². The zero-order valence-corrected chi connectivity index (χ0v) is 33.8. The summed E-state index contributed by atoms with van der Waals surface area (Å²) >= 11 is 1.48. The summed E-state index contributed by atoms with van der Waals surface area (Å²) < 4.78 is 46.0. The molecule has 5 unspecified atom stereocenters. The summed E-state index contributed by atoms with van der Waals surface area (Å²) in [5, 5.41) is 5.41. The van der Waals surface area contributed by atoms with Gasteiger partial charge in [0.1, 0.15) is 45.0 Å². The number of aryl methyl sites for hydroxylation is 1. The Morgan fingerprint density at radius 1 is 1.15 bits per heavy atom. The highest BCUT2D eigenvalue weighted by atomic mass is 32.2. The Labute approximate surface area is 315 Å². The largest absolute Gasteiger partial charge is 0.496 e. The Bertz CT molecular complexity index is 2040. The van der Waals surface area contributed by atoms with Gasteiger partial charge in [-0.1, -0.05) is 26.8 Å². The molecule has 0 radical (unpaired) electrons. The van der Waals surface area contributed by atoms with Gasteiger partial charge in [0, 0.05) is 34.7 Å². The van der Waals surface area contributed by atoms with E-state index in [9.17, 15) is 22.8 Å². The molecule has 53 heavy (non-hydrogen) atoms. The van der Waals surface area contributed by atoms with Crippen LogP contribution in [0.2, 0.25) is 0 Å². The molecule has 15 heteroatoms. The first-order chi connectivity index (χ1) is 24.7.